The molecule has 0 bridgehead atoms. The van der Waals surface area contributed by atoms with E-state index in [1.165, 1.54) is 6.92 Å². The van der Waals surface area contributed by atoms with Crippen LogP contribution in [0.1, 0.15) is 38.8 Å². The molecule has 1 aromatic heterocycles. The maximum Gasteiger partial charge on any atom is 0.390 e. The van der Waals surface area contributed by atoms with Crippen LogP contribution >= 0.6 is 0 Å². The number of aryl methyl sites for hydroxylation is 1. The Labute approximate surface area is 172 Å². The number of nitrogens with zero attached hydrogens (tertiary/aromatic N) is 1. The third-order valence-corrected chi connectivity index (χ3v) is 6.26. The van der Waals surface area contributed by atoms with Gasteiger partial charge in [-0.25, -0.2) is 21.6 Å². The fourth-order valence-electron chi connectivity index (χ4n) is 2.82. The van der Waals surface area contributed by atoms with Crippen LogP contribution < -0.4 is 5.32 Å². The van der Waals surface area contributed by atoms with E-state index in [4.69, 9.17) is 5.11 Å². The standard InChI is InChI=1S/C18H16F6N2O4S/c1-9-6-13(17(28)26-8-27)25-7-10(9)16(31(29,30)5-4-18(22,23)24)14-11(19)2-3-12(20)15(14)21/h2-3,6-7,16,27H,4-5,8H2,1H3,(H,26,28). The number of hydrogen-bond acceptors (Lipinski definition) is 5. The predicted octanol–water partition coefficient (Wildman–Crippen LogP) is 2.94. The van der Waals surface area contributed by atoms with Crippen molar-refractivity contribution < 1.29 is 44.7 Å². The third kappa shape index (κ3) is 5.73. The summed E-state index contributed by atoms with van der Waals surface area (Å²) in [4.78, 5) is 15.4. The Bertz CT molecular complexity index is 1090. The van der Waals surface area contributed by atoms with Gasteiger partial charge in [0.2, 0.25) is 0 Å². The molecule has 1 heterocycles. The maximum atomic E-state index is 14.4. The molecular formula is C18H16F6N2O4S. The highest BCUT2D eigenvalue weighted by molar-refractivity contribution is 7.91. The van der Waals surface area contributed by atoms with Crippen LogP contribution in [-0.4, -0.2) is 43.1 Å². The van der Waals surface area contributed by atoms with Gasteiger partial charge in [-0.3, -0.25) is 9.78 Å². The molecule has 0 saturated heterocycles. The Balaban J connectivity index is 2.70. The molecular weight excluding hydrogens is 454 g/mol. The molecule has 170 valence electrons. The van der Waals surface area contributed by atoms with Crippen molar-refractivity contribution in [2.45, 2.75) is 24.8 Å². The fourth-order valence-corrected chi connectivity index (χ4v) is 4.78. The van der Waals surface area contributed by atoms with Crippen LogP contribution in [0.2, 0.25) is 0 Å². The lowest BCUT2D eigenvalue weighted by Crippen LogP contribution is -2.27. The SMILES string of the molecule is Cc1cc(C(=O)NCO)ncc1C(c1c(F)ccc(F)c1F)S(=O)(=O)CCC(F)(F)F. The molecule has 0 radical (unpaired) electrons. The van der Waals surface area contributed by atoms with Gasteiger partial charge in [0.05, 0.1) is 12.2 Å². The summed E-state index contributed by atoms with van der Waals surface area (Å²) in [5.41, 5.74) is -2.10. The van der Waals surface area contributed by atoms with Gasteiger partial charge in [-0.1, -0.05) is 0 Å². The fraction of sp³-hybridized carbons (Fsp3) is 0.333. The van der Waals surface area contributed by atoms with Gasteiger partial charge in [-0.15, -0.1) is 0 Å². The lowest BCUT2D eigenvalue weighted by atomic mass is 10.00. The van der Waals surface area contributed by atoms with E-state index in [1.807, 2.05) is 5.32 Å². The number of carbonyl (C=O) groups excluding carboxylic acids is 1. The first-order valence-corrected chi connectivity index (χ1v) is 10.3. The molecule has 1 unspecified atom stereocenters. The van der Waals surface area contributed by atoms with Crippen molar-refractivity contribution in [1.82, 2.24) is 10.3 Å². The van der Waals surface area contributed by atoms with Crippen molar-refractivity contribution in [2.75, 3.05) is 12.5 Å². The number of amides is 1. The van der Waals surface area contributed by atoms with Crippen molar-refractivity contribution in [1.29, 1.82) is 0 Å². The van der Waals surface area contributed by atoms with E-state index >= 15 is 0 Å². The zero-order chi connectivity index (χ0) is 23.6. The van der Waals surface area contributed by atoms with Gasteiger partial charge in [0, 0.05) is 11.8 Å². The van der Waals surface area contributed by atoms with E-state index in [-0.39, 0.29) is 11.3 Å². The highest BCUT2D eigenvalue weighted by atomic mass is 32.2. The van der Waals surface area contributed by atoms with E-state index in [0.29, 0.717) is 12.1 Å². The number of sulfone groups is 1. The normalized spacial score (nSPS) is 13.2. The summed E-state index contributed by atoms with van der Waals surface area (Å²) in [6.07, 6.45) is -5.93. The van der Waals surface area contributed by atoms with Crippen LogP contribution in [0.25, 0.3) is 0 Å². The molecule has 0 aliphatic heterocycles. The lowest BCUT2D eigenvalue weighted by molar-refractivity contribution is -0.129. The monoisotopic (exact) mass is 470 g/mol. The Morgan fingerprint density at radius 3 is 2.35 bits per heavy atom. The minimum absolute atomic E-state index is 0.0678. The predicted molar refractivity (Wildman–Crippen MR) is 96.1 cm³/mol. The molecule has 6 nitrogen and oxygen atoms in total. The number of rotatable bonds is 7. The summed E-state index contributed by atoms with van der Waals surface area (Å²) < 4.78 is 106. The third-order valence-electron chi connectivity index (χ3n) is 4.28. The van der Waals surface area contributed by atoms with Crippen LogP contribution in [0.4, 0.5) is 26.3 Å². The van der Waals surface area contributed by atoms with Crippen LogP contribution in [0.3, 0.4) is 0 Å². The van der Waals surface area contributed by atoms with Gasteiger partial charge in [-0.2, -0.15) is 13.2 Å². The van der Waals surface area contributed by atoms with Gasteiger partial charge in [0.1, 0.15) is 23.5 Å². The number of alkyl halides is 3. The molecule has 1 amide bonds. The second kappa shape index (κ2) is 9.22. The quantitative estimate of drug-likeness (QED) is 0.369. The number of pyridine rings is 1. The lowest BCUT2D eigenvalue weighted by Gasteiger charge is -2.22. The van der Waals surface area contributed by atoms with Crippen molar-refractivity contribution in [3.05, 3.63) is 64.2 Å². The molecule has 0 fully saturated rings. The number of aliphatic hydroxyl groups is 1. The highest BCUT2D eigenvalue weighted by Gasteiger charge is 2.39. The van der Waals surface area contributed by atoms with Gasteiger partial charge in [0.15, 0.2) is 21.5 Å². The average Bonchev–Trinajstić information content (AvgIpc) is 2.67. The van der Waals surface area contributed by atoms with E-state index in [9.17, 15) is 39.6 Å². The van der Waals surface area contributed by atoms with E-state index in [2.05, 4.69) is 4.98 Å². The zero-order valence-corrected chi connectivity index (χ0v) is 16.6. The topological polar surface area (TPSA) is 96.4 Å². The van der Waals surface area contributed by atoms with E-state index in [1.54, 1.807) is 0 Å². The summed E-state index contributed by atoms with van der Waals surface area (Å²) in [7, 11) is -4.94. The average molecular weight is 470 g/mol. The van der Waals surface area contributed by atoms with Crippen molar-refractivity contribution >= 4 is 15.7 Å². The Morgan fingerprint density at radius 1 is 1.19 bits per heavy atom. The first-order valence-electron chi connectivity index (χ1n) is 8.55. The Kier molecular flexibility index (Phi) is 7.32. The molecule has 0 aliphatic rings. The van der Waals surface area contributed by atoms with Gasteiger partial charge < -0.3 is 10.4 Å². The molecule has 2 aromatic rings. The Morgan fingerprint density at radius 2 is 1.81 bits per heavy atom. The van der Waals surface area contributed by atoms with Crippen LogP contribution in [0.5, 0.6) is 0 Å². The van der Waals surface area contributed by atoms with Crippen molar-refractivity contribution in [3.8, 4) is 0 Å². The van der Waals surface area contributed by atoms with Crippen LogP contribution in [0, 0.1) is 24.4 Å². The first kappa shape index (κ1) is 24.6. The summed E-state index contributed by atoms with van der Waals surface area (Å²) in [6.45, 7) is 0.490. The first-order chi connectivity index (χ1) is 14.3. The number of halogens is 6. The van der Waals surface area contributed by atoms with E-state index in [0.717, 1.165) is 12.3 Å². The smallest absolute Gasteiger partial charge is 0.376 e. The number of benzene rings is 1. The molecule has 0 spiro atoms. The Hall–Kier alpha value is -2.67. The number of aliphatic hydroxyl groups excluding tert-OH is 1. The largest absolute Gasteiger partial charge is 0.390 e. The summed E-state index contributed by atoms with van der Waals surface area (Å²) >= 11 is 0. The summed E-state index contributed by atoms with van der Waals surface area (Å²) in [6, 6.07) is 1.87. The number of aromatic nitrogens is 1. The van der Waals surface area contributed by atoms with Gasteiger partial charge in [0.25, 0.3) is 5.91 Å². The minimum Gasteiger partial charge on any atom is -0.376 e. The van der Waals surface area contributed by atoms with Crippen molar-refractivity contribution in [3.63, 3.8) is 0 Å². The number of carbonyl (C=O) groups is 1. The minimum atomic E-state index is -4.94. The second-order valence-electron chi connectivity index (χ2n) is 6.46. The molecule has 2 rings (SSSR count). The van der Waals surface area contributed by atoms with Crippen molar-refractivity contribution in [2.24, 2.45) is 0 Å². The van der Waals surface area contributed by atoms with E-state index < -0.39 is 74.7 Å². The molecule has 1 aromatic carbocycles. The summed E-state index contributed by atoms with van der Waals surface area (Å²) in [5.74, 6) is -7.35. The molecule has 13 heteroatoms. The summed E-state index contributed by atoms with van der Waals surface area (Å²) in [5, 5.41) is 8.38. The zero-order valence-electron chi connectivity index (χ0n) is 15.8. The maximum absolute atomic E-state index is 14.4. The molecule has 1 atom stereocenters. The second-order valence-corrected chi connectivity index (χ2v) is 8.66. The van der Waals surface area contributed by atoms with Crippen LogP contribution in [-0.2, 0) is 9.84 Å². The van der Waals surface area contributed by atoms with Gasteiger partial charge >= 0.3 is 6.18 Å². The van der Waals surface area contributed by atoms with Crippen LogP contribution in [0.15, 0.2) is 24.4 Å². The number of hydrogen-bond donors (Lipinski definition) is 2. The highest BCUT2D eigenvalue weighted by Crippen LogP contribution is 2.38. The number of nitrogens with one attached hydrogen (secondary N) is 1. The van der Waals surface area contributed by atoms with Gasteiger partial charge in [-0.05, 0) is 36.2 Å². The molecule has 31 heavy (non-hydrogen) atoms. The molecule has 2 N–H and O–H groups in total. The molecule has 0 aliphatic carbocycles. The molecule has 0 saturated carbocycles.